The maximum Gasteiger partial charge on any atom is 0.321 e. The average Bonchev–Trinajstić information content (AvgIpc) is 2.71. The topological polar surface area (TPSA) is 79.9 Å². The fourth-order valence-corrected chi connectivity index (χ4v) is 6.56. The summed E-state index contributed by atoms with van der Waals surface area (Å²) in [6.45, 7) is 3.51. The summed E-state index contributed by atoms with van der Waals surface area (Å²) in [6.07, 6.45) is 7.18. The molecule has 1 aliphatic heterocycles. The molecule has 1 heterocycles. The van der Waals surface area contributed by atoms with Gasteiger partial charge in [0.15, 0.2) is 11.5 Å². The maximum absolute atomic E-state index is 12.7. The molecule has 5 aliphatic rings. The molecule has 1 aromatic carbocycles. The second kappa shape index (κ2) is 8.01. The minimum absolute atomic E-state index is 0.0978. The van der Waals surface area contributed by atoms with Gasteiger partial charge in [-0.2, -0.15) is 0 Å². The standard InChI is InChI=1S/C24H33N3O4/c1-15(27(2)14-16-3-4-20-21(10-16)31-6-5-30-20)22(28)25-23(29)26-24-11-17-7-18(12-24)9-19(8-17)13-24/h3-4,10,15,17-19H,5-9,11-14H2,1-2H3,(H2,25,26,28,29). The van der Waals surface area contributed by atoms with Crippen molar-refractivity contribution in [2.45, 2.75) is 63.6 Å². The summed E-state index contributed by atoms with van der Waals surface area (Å²) in [5.74, 6) is 3.46. The lowest BCUT2D eigenvalue weighted by Gasteiger charge is -2.56. The number of nitrogens with zero attached hydrogens (tertiary/aromatic N) is 1. The monoisotopic (exact) mass is 427 g/mol. The molecule has 0 radical (unpaired) electrons. The van der Waals surface area contributed by atoms with Crippen molar-refractivity contribution in [3.05, 3.63) is 23.8 Å². The van der Waals surface area contributed by atoms with Crippen LogP contribution in [0.3, 0.4) is 0 Å². The molecule has 4 bridgehead atoms. The number of likely N-dealkylation sites (N-methyl/N-ethyl adjacent to an activating group) is 1. The molecule has 0 aromatic heterocycles. The van der Waals surface area contributed by atoms with Crippen LogP contribution in [0.25, 0.3) is 0 Å². The summed E-state index contributed by atoms with van der Waals surface area (Å²) < 4.78 is 11.2. The van der Waals surface area contributed by atoms with Crippen molar-refractivity contribution in [2.24, 2.45) is 17.8 Å². The fourth-order valence-electron chi connectivity index (χ4n) is 6.56. The number of imide groups is 1. The van der Waals surface area contributed by atoms with Crippen molar-refractivity contribution in [1.82, 2.24) is 15.5 Å². The second-order valence-electron chi connectivity index (χ2n) is 10.2. The van der Waals surface area contributed by atoms with E-state index in [-0.39, 0.29) is 17.5 Å². The van der Waals surface area contributed by atoms with Crippen LogP contribution in [0.15, 0.2) is 18.2 Å². The Morgan fingerprint density at radius 1 is 1.06 bits per heavy atom. The van der Waals surface area contributed by atoms with Crippen LogP contribution in [0, 0.1) is 17.8 Å². The first-order chi connectivity index (χ1) is 14.9. The number of urea groups is 1. The third-order valence-corrected chi connectivity index (χ3v) is 7.73. The van der Waals surface area contributed by atoms with Crippen LogP contribution in [0.5, 0.6) is 11.5 Å². The Bertz CT molecular complexity index is 835. The van der Waals surface area contributed by atoms with E-state index in [0.29, 0.717) is 19.8 Å². The Hall–Kier alpha value is -2.28. The molecule has 4 fully saturated rings. The Labute approximate surface area is 183 Å². The van der Waals surface area contributed by atoms with Crippen LogP contribution in [-0.4, -0.2) is 48.7 Å². The molecule has 7 nitrogen and oxygen atoms in total. The Morgan fingerprint density at radius 3 is 2.32 bits per heavy atom. The summed E-state index contributed by atoms with van der Waals surface area (Å²) in [5, 5.41) is 5.81. The summed E-state index contributed by atoms with van der Waals surface area (Å²) >= 11 is 0. The van der Waals surface area contributed by atoms with E-state index in [1.807, 2.05) is 37.1 Å². The summed E-state index contributed by atoms with van der Waals surface area (Å²) in [5.41, 5.74) is 0.934. The first kappa shape index (κ1) is 20.6. The Kier molecular flexibility index (Phi) is 5.32. The van der Waals surface area contributed by atoms with Gasteiger partial charge in [0.1, 0.15) is 13.2 Å². The zero-order chi connectivity index (χ0) is 21.6. The lowest BCUT2D eigenvalue weighted by Crippen LogP contribution is -2.62. The minimum Gasteiger partial charge on any atom is -0.486 e. The normalized spacial score (nSPS) is 31.4. The van der Waals surface area contributed by atoms with E-state index in [9.17, 15) is 9.59 Å². The van der Waals surface area contributed by atoms with E-state index in [1.165, 1.54) is 19.3 Å². The number of hydrogen-bond donors (Lipinski definition) is 2. The largest absolute Gasteiger partial charge is 0.486 e. The first-order valence-corrected chi connectivity index (χ1v) is 11.6. The lowest BCUT2D eigenvalue weighted by molar-refractivity contribution is -0.124. The molecule has 1 atom stereocenters. The van der Waals surface area contributed by atoms with Gasteiger partial charge in [-0.05, 0) is 87.9 Å². The highest BCUT2D eigenvalue weighted by Crippen LogP contribution is 2.55. The third-order valence-electron chi connectivity index (χ3n) is 7.73. The molecule has 0 spiro atoms. The van der Waals surface area contributed by atoms with Crippen molar-refractivity contribution in [1.29, 1.82) is 0 Å². The lowest BCUT2D eigenvalue weighted by atomic mass is 9.53. The molecule has 6 rings (SSSR count). The number of ether oxygens (including phenoxy) is 2. The third kappa shape index (κ3) is 4.25. The molecule has 4 aliphatic carbocycles. The molecule has 1 aromatic rings. The quantitative estimate of drug-likeness (QED) is 0.755. The SMILES string of the molecule is CC(C(=O)NC(=O)NC12CC3CC(CC(C3)C1)C2)N(C)Cc1ccc2c(c1)OCCO2. The van der Waals surface area contributed by atoms with Crippen LogP contribution < -0.4 is 20.1 Å². The first-order valence-electron chi connectivity index (χ1n) is 11.6. The van der Waals surface area contributed by atoms with Gasteiger partial charge in [0.05, 0.1) is 6.04 Å². The second-order valence-corrected chi connectivity index (χ2v) is 10.2. The zero-order valence-corrected chi connectivity index (χ0v) is 18.5. The molecule has 1 unspecified atom stereocenters. The highest BCUT2D eigenvalue weighted by atomic mass is 16.6. The predicted octanol–water partition coefficient (Wildman–Crippen LogP) is 3.07. The van der Waals surface area contributed by atoms with Crippen LogP contribution in [0.2, 0.25) is 0 Å². The van der Waals surface area contributed by atoms with Crippen molar-refractivity contribution < 1.29 is 19.1 Å². The van der Waals surface area contributed by atoms with Gasteiger partial charge in [-0.15, -0.1) is 0 Å². The van der Waals surface area contributed by atoms with E-state index in [4.69, 9.17) is 9.47 Å². The van der Waals surface area contributed by atoms with E-state index in [0.717, 1.165) is 54.1 Å². The number of nitrogens with one attached hydrogen (secondary N) is 2. The molecular formula is C24H33N3O4. The number of benzene rings is 1. The molecule has 7 heteroatoms. The van der Waals surface area contributed by atoms with Crippen molar-refractivity contribution in [3.63, 3.8) is 0 Å². The molecule has 2 N–H and O–H groups in total. The van der Waals surface area contributed by atoms with E-state index in [1.54, 1.807) is 0 Å². The van der Waals surface area contributed by atoms with Gasteiger partial charge in [-0.1, -0.05) is 6.07 Å². The smallest absolute Gasteiger partial charge is 0.321 e. The Morgan fingerprint density at radius 2 is 1.68 bits per heavy atom. The zero-order valence-electron chi connectivity index (χ0n) is 18.5. The molecule has 31 heavy (non-hydrogen) atoms. The van der Waals surface area contributed by atoms with Crippen LogP contribution >= 0.6 is 0 Å². The van der Waals surface area contributed by atoms with Crippen molar-refractivity contribution >= 4 is 11.9 Å². The molecule has 168 valence electrons. The number of carbonyl (C=O) groups excluding carboxylic acids is 2. The Balaban J connectivity index is 1.15. The number of amides is 3. The highest BCUT2D eigenvalue weighted by Gasteiger charge is 2.51. The van der Waals surface area contributed by atoms with Crippen molar-refractivity contribution in [2.75, 3.05) is 20.3 Å². The van der Waals surface area contributed by atoms with Crippen LogP contribution in [0.4, 0.5) is 4.79 Å². The predicted molar refractivity (Wildman–Crippen MR) is 116 cm³/mol. The van der Waals surface area contributed by atoms with Gasteiger partial charge in [0.2, 0.25) is 5.91 Å². The van der Waals surface area contributed by atoms with E-state index in [2.05, 4.69) is 10.6 Å². The van der Waals surface area contributed by atoms with Gasteiger partial charge in [0.25, 0.3) is 0 Å². The number of carbonyl (C=O) groups is 2. The molecular weight excluding hydrogens is 394 g/mol. The number of fused-ring (bicyclic) bond motifs is 1. The highest BCUT2D eigenvalue weighted by molar-refractivity contribution is 5.97. The maximum atomic E-state index is 12.7. The van der Waals surface area contributed by atoms with Crippen LogP contribution in [0.1, 0.15) is 51.0 Å². The minimum atomic E-state index is -0.435. The van der Waals surface area contributed by atoms with Gasteiger partial charge < -0.3 is 14.8 Å². The van der Waals surface area contributed by atoms with Gasteiger partial charge in [0, 0.05) is 12.1 Å². The number of hydrogen-bond acceptors (Lipinski definition) is 5. The summed E-state index contributed by atoms with van der Waals surface area (Å²) in [4.78, 5) is 27.4. The van der Waals surface area contributed by atoms with Gasteiger partial charge in [-0.25, -0.2) is 4.79 Å². The average molecular weight is 428 g/mol. The van der Waals surface area contributed by atoms with E-state index >= 15 is 0 Å². The van der Waals surface area contributed by atoms with E-state index < -0.39 is 6.04 Å². The molecule has 4 saturated carbocycles. The number of rotatable bonds is 5. The fraction of sp³-hybridized carbons (Fsp3) is 0.667. The summed E-state index contributed by atoms with van der Waals surface area (Å²) in [7, 11) is 1.89. The van der Waals surface area contributed by atoms with Gasteiger partial charge >= 0.3 is 6.03 Å². The summed E-state index contributed by atoms with van der Waals surface area (Å²) in [6, 6.07) is 5.06. The van der Waals surface area contributed by atoms with Crippen molar-refractivity contribution in [3.8, 4) is 11.5 Å². The van der Waals surface area contributed by atoms with Gasteiger partial charge in [-0.3, -0.25) is 15.0 Å². The molecule has 0 saturated heterocycles. The molecule has 3 amide bonds. The van der Waals surface area contributed by atoms with Crippen LogP contribution in [-0.2, 0) is 11.3 Å².